The van der Waals surface area contributed by atoms with E-state index in [0.717, 1.165) is 17.1 Å². The van der Waals surface area contributed by atoms with Gasteiger partial charge in [-0.05, 0) is 18.9 Å². The Hall–Kier alpha value is -3.22. The zero-order valence-corrected chi connectivity index (χ0v) is 17.1. The number of rotatable bonds is 6. The molecule has 150 valence electrons. The lowest BCUT2D eigenvalue weighted by molar-refractivity contribution is -0.143. The van der Waals surface area contributed by atoms with Crippen LogP contribution in [0.4, 0.5) is 5.82 Å². The highest BCUT2D eigenvalue weighted by Crippen LogP contribution is 2.38. The number of aromatic nitrogens is 4. The molecule has 1 aromatic carbocycles. The minimum atomic E-state index is -0.469. The maximum Gasteiger partial charge on any atom is 0.232 e. The monoisotopic (exact) mass is 390 g/mol. The van der Waals surface area contributed by atoms with Crippen LogP contribution >= 0.6 is 0 Å². The minimum absolute atomic E-state index is 0.157. The van der Waals surface area contributed by atoms with Crippen molar-refractivity contribution in [1.29, 1.82) is 0 Å². The molecule has 0 radical (unpaired) electrons. The molecule has 2 aromatic heterocycles. The largest absolute Gasteiger partial charge is 0.353 e. The van der Waals surface area contributed by atoms with Gasteiger partial charge in [0.05, 0.1) is 17.3 Å². The first kappa shape index (κ1) is 19.1. The van der Waals surface area contributed by atoms with Crippen LogP contribution in [0, 0.1) is 12.3 Å². The first-order valence-electron chi connectivity index (χ1n) is 9.76. The number of benzene rings is 1. The van der Waals surface area contributed by atoms with Gasteiger partial charge >= 0.3 is 0 Å². The van der Waals surface area contributed by atoms with Crippen molar-refractivity contribution in [3.05, 3.63) is 71.9 Å². The molecule has 1 saturated heterocycles. The predicted molar refractivity (Wildman–Crippen MR) is 111 cm³/mol. The van der Waals surface area contributed by atoms with Gasteiger partial charge in [0, 0.05) is 57.9 Å². The van der Waals surface area contributed by atoms with Crippen molar-refractivity contribution in [2.24, 2.45) is 12.5 Å². The SMILES string of the molecule is Cc1nn(C)cc1CN(C)C(=O)C1(Cc2ccccc2)CN(c2cnccn2)C1. The molecule has 3 aromatic rings. The van der Waals surface area contributed by atoms with Crippen LogP contribution in [0.3, 0.4) is 0 Å². The summed E-state index contributed by atoms with van der Waals surface area (Å²) in [5.74, 6) is 0.972. The Morgan fingerprint density at radius 3 is 2.59 bits per heavy atom. The van der Waals surface area contributed by atoms with E-state index in [1.165, 1.54) is 5.56 Å². The fourth-order valence-electron chi connectivity index (χ4n) is 4.15. The zero-order valence-electron chi connectivity index (χ0n) is 17.1. The third-order valence-electron chi connectivity index (χ3n) is 5.57. The van der Waals surface area contributed by atoms with Crippen molar-refractivity contribution >= 4 is 11.7 Å². The standard InChI is InChI=1S/C22H26N6O/c1-17-19(14-27(3)25-17)13-26(2)21(29)22(11-18-7-5-4-6-8-18)15-28(16-22)20-12-23-9-10-24-20/h4-10,12,14H,11,13,15-16H2,1-3H3. The van der Waals surface area contributed by atoms with Gasteiger partial charge in [-0.2, -0.15) is 5.10 Å². The molecule has 0 unspecified atom stereocenters. The molecule has 7 nitrogen and oxygen atoms in total. The molecule has 7 heteroatoms. The number of aryl methyl sites for hydroxylation is 2. The number of carbonyl (C=O) groups excluding carboxylic acids is 1. The molecule has 0 spiro atoms. The predicted octanol–water partition coefficient (Wildman–Crippen LogP) is 2.23. The molecule has 1 fully saturated rings. The summed E-state index contributed by atoms with van der Waals surface area (Å²) in [6.45, 7) is 3.80. The second-order valence-corrected chi connectivity index (χ2v) is 7.94. The molecular weight excluding hydrogens is 364 g/mol. The summed E-state index contributed by atoms with van der Waals surface area (Å²) in [5.41, 5.74) is 2.73. The number of anilines is 1. The van der Waals surface area contributed by atoms with E-state index in [-0.39, 0.29) is 5.91 Å². The number of hydrogen-bond acceptors (Lipinski definition) is 5. The number of amides is 1. The molecule has 0 bridgehead atoms. The van der Waals surface area contributed by atoms with E-state index in [2.05, 4.69) is 32.1 Å². The molecule has 1 aliphatic heterocycles. The molecule has 29 heavy (non-hydrogen) atoms. The van der Waals surface area contributed by atoms with Gasteiger partial charge in [0.1, 0.15) is 5.82 Å². The van der Waals surface area contributed by atoms with Crippen LogP contribution < -0.4 is 4.90 Å². The van der Waals surface area contributed by atoms with E-state index < -0.39 is 5.41 Å². The van der Waals surface area contributed by atoms with Crippen molar-refractivity contribution in [2.45, 2.75) is 19.9 Å². The van der Waals surface area contributed by atoms with E-state index in [1.54, 1.807) is 23.3 Å². The summed E-state index contributed by atoms with van der Waals surface area (Å²) in [6.07, 6.45) is 7.79. The highest BCUT2D eigenvalue weighted by molar-refractivity contribution is 5.86. The van der Waals surface area contributed by atoms with Crippen LogP contribution in [0.1, 0.15) is 16.8 Å². The Labute approximate surface area is 171 Å². The summed E-state index contributed by atoms with van der Waals surface area (Å²) >= 11 is 0. The normalized spacial score (nSPS) is 15.1. The highest BCUT2D eigenvalue weighted by Gasteiger charge is 2.51. The Morgan fingerprint density at radius 1 is 1.21 bits per heavy atom. The van der Waals surface area contributed by atoms with Crippen molar-refractivity contribution in [1.82, 2.24) is 24.6 Å². The maximum atomic E-state index is 13.6. The zero-order chi connectivity index (χ0) is 20.4. The maximum absolute atomic E-state index is 13.6. The molecule has 0 aliphatic carbocycles. The molecular formula is C22H26N6O. The highest BCUT2D eigenvalue weighted by atomic mass is 16.2. The quantitative estimate of drug-likeness (QED) is 0.646. The van der Waals surface area contributed by atoms with Gasteiger partial charge in [-0.25, -0.2) is 4.98 Å². The molecule has 1 aliphatic rings. The van der Waals surface area contributed by atoms with E-state index in [9.17, 15) is 4.79 Å². The Morgan fingerprint density at radius 2 is 1.97 bits per heavy atom. The Balaban J connectivity index is 1.55. The average Bonchev–Trinajstić information content (AvgIpc) is 3.02. The van der Waals surface area contributed by atoms with E-state index in [0.29, 0.717) is 26.1 Å². The Kier molecular flexibility index (Phi) is 5.05. The molecule has 4 rings (SSSR count). The first-order valence-corrected chi connectivity index (χ1v) is 9.76. The van der Waals surface area contributed by atoms with Crippen molar-refractivity contribution in [3.8, 4) is 0 Å². The smallest absolute Gasteiger partial charge is 0.232 e. The molecule has 0 atom stereocenters. The van der Waals surface area contributed by atoms with Crippen molar-refractivity contribution < 1.29 is 4.79 Å². The summed E-state index contributed by atoms with van der Waals surface area (Å²) in [7, 11) is 3.78. The van der Waals surface area contributed by atoms with Crippen molar-refractivity contribution in [2.75, 3.05) is 25.0 Å². The van der Waals surface area contributed by atoms with E-state index in [1.807, 2.05) is 50.3 Å². The van der Waals surface area contributed by atoms with Crippen LogP contribution in [0.5, 0.6) is 0 Å². The molecule has 1 amide bonds. The van der Waals surface area contributed by atoms with E-state index in [4.69, 9.17) is 0 Å². The molecule has 0 N–H and O–H groups in total. The van der Waals surface area contributed by atoms with Gasteiger partial charge in [0.2, 0.25) is 5.91 Å². The number of carbonyl (C=O) groups is 1. The average molecular weight is 390 g/mol. The minimum Gasteiger partial charge on any atom is -0.353 e. The lowest BCUT2D eigenvalue weighted by atomic mass is 9.73. The number of hydrogen-bond donors (Lipinski definition) is 0. The second kappa shape index (κ2) is 7.66. The lowest BCUT2D eigenvalue weighted by Gasteiger charge is -2.50. The third kappa shape index (κ3) is 3.85. The van der Waals surface area contributed by atoms with Crippen LogP contribution in [-0.2, 0) is 24.8 Å². The van der Waals surface area contributed by atoms with Gasteiger partial charge in [0.25, 0.3) is 0 Å². The first-order chi connectivity index (χ1) is 14.0. The van der Waals surface area contributed by atoms with Gasteiger partial charge in [0.15, 0.2) is 0 Å². The third-order valence-corrected chi connectivity index (χ3v) is 5.57. The van der Waals surface area contributed by atoms with Crippen LogP contribution in [-0.4, -0.2) is 50.7 Å². The van der Waals surface area contributed by atoms with Gasteiger partial charge in [-0.15, -0.1) is 0 Å². The van der Waals surface area contributed by atoms with Crippen LogP contribution in [0.25, 0.3) is 0 Å². The molecule has 0 saturated carbocycles. The summed E-state index contributed by atoms with van der Waals surface area (Å²) < 4.78 is 1.79. The molecule has 3 heterocycles. The summed E-state index contributed by atoms with van der Waals surface area (Å²) in [4.78, 5) is 26.1. The Bertz CT molecular complexity index is 979. The topological polar surface area (TPSA) is 67.2 Å². The second-order valence-electron chi connectivity index (χ2n) is 7.94. The van der Waals surface area contributed by atoms with Gasteiger partial charge in [-0.3, -0.25) is 14.5 Å². The van der Waals surface area contributed by atoms with Crippen LogP contribution in [0.15, 0.2) is 55.1 Å². The van der Waals surface area contributed by atoms with Crippen molar-refractivity contribution in [3.63, 3.8) is 0 Å². The number of nitrogens with zero attached hydrogens (tertiary/aromatic N) is 6. The van der Waals surface area contributed by atoms with Crippen LogP contribution in [0.2, 0.25) is 0 Å². The van der Waals surface area contributed by atoms with Gasteiger partial charge < -0.3 is 9.80 Å². The fourth-order valence-corrected chi connectivity index (χ4v) is 4.15. The summed E-state index contributed by atoms with van der Waals surface area (Å²) in [6, 6.07) is 10.2. The lowest BCUT2D eigenvalue weighted by Crippen LogP contribution is -2.64. The summed E-state index contributed by atoms with van der Waals surface area (Å²) in [5, 5.41) is 4.39. The fraction of sp³-hybridized carbons (Fsp3) is 0.364. The van der Waals surface area contributed by atoms with E-state index >= 15 is 0 Å². The van der Waals surface area contributed by atoms with Gasteiger partial charge in [-0.1, -0.05) is 30.3 Å².